The first-order valence-corrected chi connectivity index (χ1v) is 10.7. The van der Waals surface area contributed by atoms with Gasteiger partial charge in [-0.25, -0.2) is 0 Å². The summed E-state index contributed by atoms with van der Waals surface area (Å²) >= 11 is 6.15. The Balaban J connectivity index is 1.69. The van der Waals surface area contributed by atoms with Crippen molar-refractivity contribution >= 4 is 29.3 Å². The molecule has 34 heavy (non-hydrogen) atoms. The number of nitriles is 1. The van der Waals surface area contributed by atoms with Crippen molar-refractivity contribution in [2.75, 3.05) is 19.0 Å². The SMILES string of the molecule is C=CCOc1cc(OC)ccc1/C=C(\C#N)C(=O)Nc1ccc(OCc2ccccc2Cl)cc1. The van der Waals surface area contributed by atoms with Crippen molar-refractivity contribution < 1.29 is 19.0 Å². The minimum atomic E-state index is -0.544. The standard InChI is InChI=1S/C27H23ClN2O4/c1-3-14-33-26-16-24(32-2)11-8-19(26)15-21(17-29)27(31)30-22-9-12-23(13-10-22)34-18-20-6-4-5-7-25(20)28/h3-13,15-16H,1,14,18H2,2H3,(H,30,31)/b21-15+. The third kappa shape index (κ3) is 6.64. The van der Waals surface area contributed by atoms with Gasteiger partial charge >= 0.3 is 0 Å². The molecule has 0 heterocycles. The number of anilines is 1. The summed E-state index contributed by atoms with van der Waals surface area (Å²) in [5.41, 5.74) is 1.89. The third-order valence-electron chi connectivity index (χ3n) is 4.71. The van der Waals surface area contributed by atoms with Crippen molar-refractivity contribution in [2.45, 2.75) is 6.61 Å². The van der Waals surface area contributed by atoms with Crippen LogP contribution in [0.5, 0.6) is 17.2 Å². The summed E-state index contributed by atoms with van der Waals surface area (Å²) in [5.74, 6) is 1.14. The Labute approximate surface area is 203 Å². The highest BCUT2D eigenvalue weighted by Gasteiger charge is 2.12. The molecule has 0 spiro atoms. The van der Waals surface area contributed by atoms with Crippen LogP contribution in [0.25, 0.3) is 6.08 Å². The van der Waals surface area contributed by atoms with Gasteiger partial charge in [0.05, 0.1) is 7.11 Å². The average Bonchev–Trinajstić information content (AvgIpc) is 2.86. The number of rotatable bonds is 10. The number of benzene rings is 3. The minimum absolute atomic E-state index is 0.0762. The molecule has 0 radical (unpaired) electrons. The van der Waals surface area contributed by atoms with Crippen LogP contribution in [0.3, 0.4) is 0 Å². The molecule has 0 aliphatic rings. The maximum Gasteiger partial charge on any atom is 0.266 e. The number of carbonyl (C=O) groups excluding carboxylic acids is 1. The summed E-state index contributed by atoms with van der Waals surface area (Å²) in [6.07, 6.45) is 3.07. The molecule has 3 rings (SSSR count). The number of halogens is 1. The van der Waals surface area contributed by atoms with Gasteiger partial charge in [0.1, 0.15) is 42.1 Å². The van der Waals surface area contributed by atoms with Gasteiger partial charge in [0.25, 0.3) is 5.91 Å². The minimum Gasteiger partial charge on any atom is -0.497 e. The second kappa shape index (κ2) is 12.1. The first-order valence-electron chi connectivity index (χ1n) is 10.3. The quantitative estimate of drug-likeness (QED) is 0.220. The first-order chi connectivity index (χ1) is 16.5. The number of nitrogens with zero attached hydrogens (tertiary/aromatic N) is 1. The lowest BCUT2D eigenvalue weighted by molar-refractivity contribution is -0.112. The van der Waals surface area contributed by atoms with Gasteiger partial charge in [0, 0.05) is 27.9 Å². The molecule has 0 atom stereocenters. The Hall–Kier alpha value is -4.21. The van der Waals surface area contributed by atoms with E-state index < -0.39 is 5.91 Å². The number of amides is 1. The second-order valence-electron chi connectivity index (χ2n) is 7.03. The van der Waals surface area contributed by atoms with E-state index in [0.717, 1.165) is 5.56 Å². The number of nitrogens with one attached hydrogen (secondary N) is 1. The van der Waals surface area contributed by atoms with Gasteiger partial charge in [-0.05, 0) is 48.5 Å². The summed E-state index contributed by atoms with van der Waals surface area (Å²) in [6, 6.07) is 21.4. The van der Waals surface area contributed by atoms with Crippen LogP contribution >= 0.6 is 11.6 Å². The fourth-order valence-electron chi connectivity index (χ4n) is 2.95. The Morgan fingerprint density at radius 3 is 2.50 bits per heavy atom. The van der Waals surface area contributed by atoms with Gasteiger partial charge in [-0.1, -0.05) is 42.5 Å². The molecule has 7 heteroatoms. The molecule has 3 aromatic rings. The van der Waals surface area contributed by atoms with Gasteiger partial charge in [0.2, 0.25) is 0 Å². The fourth-order valence-corrected chi connectivity index (χ4v) is 3.14. The molecule has 1 amide bonds. The molecule has 0 aromatic heterocycles. The van der Waals surface area contributed by atoms with Crippen molar-refractivity contribution in [1.82, 2.24) is 0 Å². The summed E-state index contributed by atoms with van der Waals surface area (Å²) in [4.78, 5) is 12.7. The van der Waals surface area contributed by atoms with Gasteiger partial charge < -0.3 is 19.5 Å². The van der Waals surface area contributed by atoms with E-state index >= 15 is 0 Å². The van der Waals surface area contributed by atoms with E-state index in [9.17, 15) is 10.1 Å². The van der Waals surface area contributed by atoms with Crippen LogP contribution in [0, 0.1) is 11.3 Å². The maximum absolute atomic E-state index is 12.7. The zero-order valence-corrected chi connectivity index (χ0v) is 19.3. The molecule has 0 fully saturated rings. The van der Waals surface area contributed by atoms with E-state index in [0.29, 0.717) is 40.1 Å². The van der Waals surface area contributed by atoms with Crippen molar-refractivity contribution in [3.63, 3.8) is 0 Å². The van der Waals surface area contributed by atoms with Crippen LogP contribution in [0.1, 0.15) is 11.1 Å². The Morgan fingerprint density at radius 2 is 1.82 bits per heavy atom. The number of methoxy groups -OCH3 is 1. The van der Waals surface area contributed by atoms with E-state index in [1.165, 1.54) is 6.08 Å². The van der Waals surface area contributed by atoms with Crippen LogP contribution in [-0.4, -0.2) is 19.6 Å². The van der Waals surface area contributed by atoms with Crippen LogP contribution < -0.4 is 19.5 Å². The van der Waals surface area contributed by atoms with Crippen molar-refractivity contribution in [2.24, 2.45) is 0 Å². The number of carbonyl (C=O) groups is 1. The van der Waals surface area contributed by atoms with Crippen LogP contribution in [0.2, 0.25) is 5.02 Å². The van der Waals surface area contributed by atoms with E-state index in [-0.39, 0.29) is 12.2 Å². The van der Waals surface area contributed by atoms with Crippen molar-refractivity contribution in [3.8, 4) is 23.3 Å². The number of ether oxygens (including phenoxy) is 3. The molecule has 0 aliphatic heterocycles. The highest BCUT2D eigenvalue weighted by molar-refractivity contribution is 6.31. The van der Waals surface area contributed by atoms with Crippen LogP contribution in [-0.2, 0) is 11.4 Å². The van der Waals surface area contributed by atoms with Crippen LogP contribution in [0.15, 0.2) is 85.0 Å². The van der Waals surface area contributed by atoms with Crippen LogP contribution in [0.4, 0.5) is 5.69 Å². The number of hydrogen-bond acceptors (Lipinski definition) is 5. The van der Waals surface area contributed by atoms with Gasteiger partial charge in [0.15, 0.2) is 0 Å². The van der Waals surface area contributed by atoms with E-state index in [4.69, 9.17) is 25.8 Å². The topological polar surface area (TPSA) is 80.6 Å². The predicted molar refractivity (Wildman–Crippen MR) is 133 cm³/mol. The lowest BCUT2D eigenvalue weighted by atomic mass is 10.1. The molecule has 0 aliphatic carbocycles. The molecule has 0 saturated carbocycles. The lowest BCUT2D eigenvalue weighted by Gasteiger charge is -2.11. The summed E-state index contributed by atoms with van der Waals surface area (Å²) < 4.78 is 16.6. The van der Waals surface area contributed by atoms with Crippen molar-refractivity contribution in [3.05, 3.63) is 101 Å². The largest absolute Gasteiger partial charge is 0.497 e. The number of hydrogen-bond donors (Lipinski definition) is 1. The summed E-state index contributed by atoms with van der Waals surface area (Å²) in [7, 11) is 1.55. The molecule has 172 valence electrons. The highest BCUT2D eigenvalue weighted by Crippen LogP contribution is 2.27. The zero-order valence-electron chi connectivity index (χ0n) is 18.6. The van der Waals surface area contributed by atoms with E-state index in [1.54, 1.807) is 61.7 Å². The average molecular weight is 475 g/mol. The Morgan fingerprint density at radius 1 is 1.09 bits per heavy atom. The van der Waals surface area contributed by atoms with Gasteiger partial charge in [-0.15, -0.1) is 0 Å². The highest BCUT2D eigenvalue weighted by atomic mass is 35.5. The summed E-state index contributed by atoms with van der Waals surface area (Å²) in [5, 5.41) is 12.9. The molecule has 0 bridgehead atoms. The van der Waals surface area contributed by atoms with E-state index in [1.807, 2.05) is 24.3 Å². The van der Waals surface area contributed by atoms with Gasteiger partial charge in [-0.2, -0.15) is 5.26 Å². The summed E-state index contributed by atoms with van der Waals surface area (Å²) in [6.45, 7) is 4.23. The normalized spacial score (nSPS) is 10.7. The zero-order chi connectivity index (χ0) is 24.3. The molecule has 3 aromatic carbocycles. The molecular formula is C27H23ClN2O4. The third-order valence-corrected chi connectivity index (χ3v) is 5.08. The Bertz CT molecular complexity index is 1230. The monoisotopic (exact) mass is 474 g/mol. The maximum atomic E-state index is 12.7. The second-order valence-corrected chi connectivity index (χ2v) is 7.44. The lowest BCUT2D eigenvalue weighted by Crippen LogP contribution is -2.13. The molecule has 0 unspecified atom stereocenters. The molecule has 0 saturated heterocycles. The molecule has 1 N–H and O–H groups in total. The van der Waals surface area contributed by atoms with Gasteiger partial charge in [-0.3, -0.25) is 4.79 Å². The molecular weight excluding hydrogens is 452 g/mol. The fraction of sp³-hybridized carbons (Fsp3) is 0.111. The smallest absolute Gasteiger partial charge is 0.266 e. The first kappa shape index (κ1) is 24.4. The van der Waals surface area contributed by atoms with E-state index in [2.05, 4.69) is 11.9 Å². The Kier molecular flexibility index (Phi) is 8.73. The predicted octanol–water partition coefficient (Wildman–Crippen LogP) is 6.04. The van der Waals surface area contributed by atoms with Crippen molar-refractivity contribution in [1.29, 1.82) is 5.26 Å². The molecule has 6 nitrogen and oxygen atoms in total.